The molecule has 0 unspecified atom stereocenters. The molecule has 0 aromatic carbocycles. The van der Waals surface area contributed by atoms with Crippen molar-refractivity contribution in [3.63, 3.8) is 0 Å². The van der Waals surface area contributed by atoms with Crippen molar-refractivity contribution in [1.29, 1.82) is 0 Å². The van der Waals surface area contributed by atoms with Crippen molar-refractivity contribution < 1.29 is 19.9 Å². The van der Waals surface area contributed by atoms with E-state index in [0.29, 0.717) is 23.0 Å². The van der Waals surface area contributed by atoms with Crippen LogP contribution < -0.4 is 4.90 Å². The topological polar surface area (TPSA) is 96.1 Å². The van der Waals surface area contributed by atoms with Crippen LogP contribution in [-0.2, 0) is 4.74 Å². The number of hydrogen-bond acceptors (Lipinski definition) is 7. The predicted octanol–water partition coefficient (Wildman–Crippen LogP) is 1.15. The quantitative estimate of drug-likeness (QED) is 0.551. The molecule has 0 bridgehead atoms. The zero-order valence-electron chi connectivity index (χ0n) is 10.9. The van der Waals surface area contributed by atoms with Gasteiger partial charge in [-0.1, -0.05) is 0 Å². The number of rotatable bonds is 8. The zero-order chi connectivity index (χ0) is 14.4. The maximum atomic E-state index is 11.1. The van der Waals surface area contributed by atoms with Gasteiger partial charge in [-0.2, -0.15) is 0 Å². The minimum absolute atomic E-state index is 0.0505. The third-order valence-electron chi connectivity index (χ3n) is 2.54. The molecule has 0 radical (unpaired) electrons. The van der Waals surface area contributed by atoms with E-state index in [2.05, 4.69) is 0 Å². The molecule has 1 rings (SSSR count). The lowest BCUT2D eigenvalue weighted by molar-refractivity contribution is -0.383. The molecule has 0 aliphatic carbocycles. The lowest BCUT2D eigenvalue weighted by Crippen LogP contribution is -2.29. The average Bonchev–Trinajstić information content (AvgIpc) is 2.79. The van der Waals surface area contributed by atoms with E-state index in [1.165, 1.54) is 6.07 Å². The number of methoxy groups -OCH3 is 1. The lowest BCUT2D eigenvalue weighted by Gasteiger charge is -2.20. The van der Waals surface area contributed by atoms with Crippen LogP contribution in [0.2, 0.25) is 0 Å². The van der Waals surface area contributed by atoms with Crippen LogP contribution in [0.15, 0.2) is 6.07 Å². The molecule has 7 nitrogen and oxygen atoms in total. The van der Waals surface area contributed by atoms with Gasteiger partial charge >= 0.3 is 5.69 Å². The minimum atomic E-state index is -0.754. The van der Waals surface area contributed by atoms with Crippen molar-refractivity contribution in [2.75, 3.05) is 38.3 Å². The highest BCUT2D eigenvalue weighted by Crippen LogP contribution is 2.39. The Kier molecular flexibility index (Phi) is 6.16. The molecule has 2 N–H and O–H groups in total. The van der Waals surface area contributed by atoms with E-state index < -0.39 is 11.0 Å². The van der Waals surface area contributed by atoms with E-state index >= 15 is 0 Å². The molecule has 1 atom stereocenters. The maximum absolute atomic E-state index is 11.1. The summed E-state index contributed by atoms with van der Waals surface area (Å²) in [6.45, 7) is 2.58. The Balaban J connectivity index is 3.08. The van der Waals surface area contributed by atoms with Crippen LogP contribution in [0.25, 0.3) is 0 Å². The van der Waals surface area contributed by atoms with E-state index in [1.54, 1.807) is 18.9 Å². The summed E-state index contributed by atoms with van der Waals surface area (Å²) in [7, 11) is 1.54. The Morgan fingerprint density at radius 2 is 2.26 bits per heavy atom. The largest absolute Gasteiger partial charge is 0.395 e. The molecule has 0 spiro atoms. The summed E-state index contributed by atoms with van der Waals surface area (Å²) in [5.74, 6) is 0. The number of aliphatic hydroxyl groups is 2. The first-order valence-electron chi connectivity index (χ1n) is 5.82. The molecule has 0 saturated carbocycles. The van der Waals surface area contributed by atoms with Crippen LogP contribution in [0, 0.1) is 10.1 Å². The summed E-state index contributed by atoms with van der Waals surface area (Å²) >= 11 is 1.16. The van der Waals surface area contributed by atoms with Crippen molar-refractivity contribution in [2.45, 2.75) is 13.0 Å². The van der Waals surface area contributed by atoms with Gasteiger partial charge in [0.05, 0.1) is 24.2 Å². The van der Waals surface area contributed by atoms with E-state index in [4.69, 9.17) is 9.84 Å². The molecule has 1 aromatic heterocycles. The number of hydrogen-bond donors (Lipinski definition) is 2. The van der Waals surface area contributed by atoms with Gasteiger partial charge in [0.25, 0.3) is 0 Å². The summed E-state index contributed by atoms with van der Waals surface area (Å²) in [6.07, 6.45) is -0.754. The number of nitrogens with zero attached hydrogens (tertiary/aromatic N) is 2. The molecule has 1 heterocycles. The number of thiophene rings is 1. The Labute approximate surface area is 115 Å². The zero-order valence-corrected chi connectivity index (χ0v) is 11.7. The molecule has 0 saturated heterocycles. The average molecular weight is 290 g/mol. The number of anilines is 1. The molecular formula is C11H18N2O5S. The third-order valence-corrected chi connectivity index (χ3v) is 3.90. The van der Waals surface area contributed by atoms with E-state index in [9.17, 15) is 15.2 Å². The maximum Gasteiger partial charge on any atom is 0.304 e. The monoisotopic (exact) mass is 290 g/mol. The first kappa shape index (κ1) is 15.8. The molecule has 1 aromatic rings. The highest BCUT2D eigenvalue weighted by molar-refractivity contribution is 7.16. The van der Waals surface area contributed by atoms with Crippen molar-refractivity contribution >= 4 is 22.0 Å². The molecule has 0 aliphatic rings. The van der Waals surface area contributed by atoms with Gasteiger partial charge in [0.15, 0.2) is 5.00 Å². The fourth-order valence-corrected chi connectivity index (χ4v) is 2.70. The van der Waals surface area contributed by atoms with Gasteiger partial charge in [0.1, 0.15) is 0 Å². The van der Waals surface area contributed by atoms with Crippen LogP contribution >= 0.6 is 11.3 Å². The number of nitro groups is 1. The summed E-state index contributed by atoms with van der Waals surface area (Å²) < 4.78 is 4.96. The summed E-state index contributed by atoms with van der Waals surface area (Å²) in [4.78, 5) is 12.8. The van der Waals surface area contributed by atoms with Gasteiger partial charge in [-0.05, 0) is 6.92 Å². The normalized spacial score (nSPS) is 12.4. The van der Waals surface area contributed by atoms with E-state index in [-0.39, 0.29) is 18.8 Å². The van der Waals surface area contributed by atoms with Gasteiger partial charge in [0.2, 0.25) is 0 Å². The van der Waals surface area contributed by atoms with Gasteiger partial charge in [-0.3, -0.25) is 10.1 Å². The van der Waals surface area contributed by atoms with Gasteiger partial charge in [-0.25, -0.2) is 0 Å². The van der Waals surface area contributed by atoms with E-state index in [1.807, 2.05) is 0 Å². The fraction of sp³-hybridized carbons (Fsp3) is 0.636. The first-order chi connectivity index (χ1) is 9.01. The Hall–Kier alpha value is -1.22. The van der Waals surface area contributed by atoms with Crippen LogP contribution in [-0.4, -0.2) is 48.5 Å². The molecular weight excluding hydrogens is 272 g/mol. The fourth-order valence-electron chi connectivity index (χ4n) is 1.59. The number of aliphatic hydroxyl groups excluding tert-OH is 2. The third kappa shape index (κ3) is 4.13. The molecule has 108 valence electrons. The highest BCUT2D eigenvalue weighted by atomic mass is 32.1. The van der Waals surface area contributed by atoms with Crippen LogP contribution in [0.1, 0.15) is 17.9 Å². The first-order valence-corrected chi connectivity index (χ1v) is 6.63. The highest BCUT2D eigenvalue weighted by Gasteiger charge is 2.25. The van der Waals surface area contributed by atoms with Crippen LogP contribution in [0.4, 0.5) is 10.7 Å². The van der Waals surface area contributed by atoms with Gasteiger partial charge < -0.3 is 19.8 Å². The number of ether oxygens (including phenoxy) is 1. The summed E-state index contributed by atoms with van der Waals surface area (Å²) in [5.41, 5.74) is -0.0505. The van der Waals surface area contributed by atoms with Crippen LogP contribution in [0.3, 0.4) is 0 Å². The van der Waals surface area contributed by atoms with Crippen LogP contribution in [0.5, 0.6) is 0 Å². The lowest BCUT2D eigenvalue weighted by atomic mass is 10.3. The van der Waals surface area contributed by atoms with Crippen molar-refractivity contribution in [1.82, 2.24) is 0 Å². The van der Waals surface area contributed by atoms with Crippen molar-refractivity contribution in [3.8, 4) is 0 Å². The molecule has 0 aliphatic heterocycles. The van der Waals surface area contributed by atoms with Crippen molar-refractivity contribution in [2.24, 2.45) is 0 Å². The summed E-state index contributed by atoms with van der Waals surface area (Å²) in [5, 5.41) is 30.1. The SMILES string of the molecule is COCCN(CCO)c1sc([C@@H](C)O)cc1[N+](=O)[O-]. The Morgan fingerprint density at radius 1 is 1.58 bits per heavy atom. The Morgan fingerprint density at radius 3 is 2.74 bits per heavy atom. The minimum Gasteiger partial charge on any atom is -0.395 e. The molecule has 0 amide bonds. The molecule has 19 heavy (non-hydrogen) atoms. The standard InChI is InChI=1S/C11H18N2O5S/c1-8(15)10-7-9(13(16)17)11(19-10)12(3-5-14)4-6-18-2/h7-8,14-15H,3-6H2,1-2H3/t8-/m1/s1. The smallest absolute Gasteiger partial charge is 0.304 e. The van der Waals surface area contributed by atoms with Gasteiger partial charge in [0, 0.05) is 31.1 Å². The molecule has 0 fully saturated rings. The second-order valence-corrected chi connectivity index (χ2v) is 5.04. The Bertz CT molecular complexity index is 421. The van der Waals surface area contributed by atoms with E-state index in [0.717, 1.165) is 11.3 Å². The second kappa shape index (κ2) is 7.39. The molecule has 8 heteroatoms. The predicted molar refractivity (Wildman–Crippen MR) is 72.8 cm³/mol. The van der Waals surface area contributed by atoms with Crippen molar-refractivity contribution in [3.05, 3.63) is 21.1 Å². The van der Waals surface area contributed by atoms with Gasteiger partial charge in [-0.15, -0.1) is 11.3 Å². The summed E-state index contributed by atoms with van der Waals surface area (Å²) in [6, 6.07) is 1.38. The second-order valence-electron chi connectivity index (χ2n) is 3.98.